The van der Waals surface area contributed by atoms with Crippen molar-refractivity contribution < 1.29 is 9.47 Å². The highest BCUT2D eigenvalue weighted by molar-refractivity contribution is 7.99. The van der Waals surface area contributed by atoms with Crippen molar-refractivity contribution in [2.75, 3.05) is 25.7 Å². The quantitative estimate of drug-likeness (QED) is 0.900. The predicted octanol–water partition coefficient (Wildman–Crippen LogP) is 3.24. The molecular formula is C15H23NO2S. The number of rotatable bonds is 5. The lowest BCUT2D eigenvalue weighted by Gasteiger charge is -2.25. The standard InChI is InChI=1S/C15H23NO2S/c1-17-12-3-4-13(15(10-12)18-2)14(16)9-11-5-7-19-8-6-11/h3-4,10-11,14H,5-9,16H2,1-2H3. The van der Waals surface area contributed by atoms with Gasteiger partial charge in [0.05, 0.1) is 14.2 Å². The van der Waals surface area contributed by atoms with Crippen molar-refractivity contribution in [1.29, 1.82) is 0 Å². The number of benzene rings is 1. The Kier molecular flexibility index (Phi) is 5.40. The Morgan fingerprint density at radius 3 is 2.63 bits per heavy atom. The molecule has 1 atom stereocenters. The van der Waals surface area contributed by atoms with E-state index in [0.29, 0.717) is 0 Å². The summed E-state index contributed by atoms with van der Waals surface area (Å²) in [4.78, 5) is 0. The SMILES string of the molecule is COc1ccc(C(N)CC2CCSCC2)c(OC)c1. The average Bonchev–Trinajstić information content (AvgIpc) is 2.47. The van der Waals surface area contributed by atoms with Crippen molar-refractivity contribution in [3.05, 3.63) is 23.8 Å². The van der Waals surface area contributed by atoms with Gasteiger partial charge in [-0.2, -0.15) is 11.8 Å². The minimum absolute atomic E-state index is 0.0500. The summed E-state index contributed by atoms with van der Waals surface area (Å²) >= 11 is 2.05. The molecule has 1 unspecified atom stereocenters. The van der Waals surface area contributed by atoms with Crippen molar-refractivity contribution in [2.45, 2.75) is 25.3 Å². The van der Waals surface area contributed by atoms with Gasteiger partial charge in [-0.25, -0.2) is 0 Å². The summed E-state index contributed by atoms with van der Waals surface area (Å²) < 4.78 is 10.7. The Hall–Kier alpha value is -0.870. The largest absolute Gasteiger partial charge is 0.497 e. The first-order chi connectivity index (χ1) is 9.24. The van der Waals surface area contributed by atoms with E-state index in [4.69, 9.17) is 15.2 Å². The minimum atomic E-state index is 0.0500. The Balaban J connectivity index is 2.06. The number of thioether (sulfide) groups is 1. The van der Waals surface area contributed by atoms with E-state index >= 15 is 0 Å². The van der Waals surface area contributed by atoms with E-state index in [0.717, 1.165) is 29.4 Å². The van der Waals surface area contributed by atoms with E-state index in [9.17, 15) is 0 Å². The molecule has 19 heavy (non-hydrogen) atoms. The second kappa shape index (κ2) is 7.06. The van der Waals surface area contributed by atoms with Crippen LogP contribution in [0.25, 0.3) is 0 Å². The molecule has 1 aliphatic heterocycles. The van der Waals surface area contributed by atoms with E-state index in [1.807, 2.05) is 18.2 Å². The average molecular weight is 281 g/mol. The van der Waals surface area contributed by atoms with Crippen LogP contribution < -0.4 is 15.2 Å². The topological polar surface area (TPSA) is 44.5 Å². The first kappa shape index (κ1) is 14.5. The molecule has 1 aliphatic rings. The molecule has 0 bridgehead atoms. The van der Waals surface area contributed by atoms with Crippen LogP contribution in [0.15, 0.2) is 18.2 Å². The van der Waals surface area contributed by atoms with Crippen molar-refractivity contribution in [2.24, 2.45) is 11.7 Å². The zero-order chi connectivity index (χ0) is 13.7. The van der Waals surface area contributed by atoms with Crippen molar-refractivity contribution >= 4 is 11.8 Å². The summed E-state index contributed by atoms with van der Waals surface area (Å²) in [5.41, 5.74) is 7.45. The van der Waals surface area contributed by atoms with Gasteiger partial charge in [0.15, 0.2) is 0 Å². The molecule has 0 aromatic heterocycles. The normalized spacial score (nSPS) is 18.1. The maximum atomic E-state index is 6.37. The fraction of sp³-hybridized carbons (Fsp3) is 0.600. The van der Waals surface area contributed by atoms with E-state index in [-0.39, 0.29) is 6.04 Å². The number of ether oxygens (including phenoxy) is 2. The van der Waals surface area contributed by atoms with Crippen LogP contribution in [0.4, 0.5) is 0 Å². The number of nitrogens with two attached hydrogens (primary N) is 1. The van der Waals surface area contributed by atoms with Gasteiger partial charge in [0, 0.05) is 17.7 Å². The third kappa shape index (κ3) is 3.80. The monoisotopic (exact) mass is 281 g/mol. The fourth-order valence-electron chi connectivity index (χ4n) is 2.59. The Labute approximate surface area is 119 Å². The highest BCUT2D eigenvalue weighted by atomic mass is 32.2. The minimum Gasteiger partial charge on any atom is -0.497 e. The zero-order valence-corrected chi connectivity index (χ0v) is 12.5. The lowest BCUT2D eigenvalue weighted by atomic mass is 9.91. The van der Waals surface area contributed by atoms with Crippen LogP contribution in [0.3, 0.4) is 0 Å². The lowest BCUT2D eigenvalue weighted by Crippen LogP contribution is -2.19. The van der Waals surface area contributed by atoms with Crippen molar-refractivity contribution in [1.82, 2.24) is 0 Å². The number of methoxy groups -OCH3 is 2. The smallest absolute Gasteiger partial charge is 0.127 e. The molecule has 0 spiro atoms. The summed E-state index contributed by atoms with van der Waals surface area (Å²) in [6, 6.07) is 5.94. The van der Waals surface area contributed by atoms with Crippen LogP contribution >= 0.6 is 11.8 Å². The van der Waals surface area contributed by atoms with Crippen LogP contribution in [0.1, 0.15) is 30.9 Å². The Morgan fingerprint density at radius 1 is 1.26 bits per heavy atom. The van der Waals surface area contributed by atoms with Crippen LogP contribution in [0.2, 0.25) is 0 Å². The van der Waals surface area contributed by atoms with E-state index < -0.39 is 0 Å². The second-order valence-corrected chi connectivity index (χ2v) is 6.23. The highest BCUT2D eigenvalue weighted by Crippen LogP contribution is 2.34. The van der Waals surface area contributed by atoms with Gasteiger partial charge in [-0.15, -0.1) is 0 Å². The summed E-state index contributed by atoms with van der Waals surface area (Å²) in [6.45, 7) is 0. The molecule has 3 nitrogen and oxygen atoms in total. The van der Waals surface area contributed by atoms with Gasteiger partial charge in [0.1, 0.15) is 11.5 Å². The van der Waals surface area contributed by atoms with Gasteiger partial charge in [0.25, 0.3) is 0 Å². The highest BCUT2D eigenvalue weighted by Gasteiger charge is 2.20. The summed E-state index contributed by atoms with van der Waals surface area (Å²) in [5, 5.41) is 0. The molecule has 0 saturated carbocycles. The summed E-state index contributed by atoms with van der Waals surface area (Å²) in [6.07, 6.45) is 3.62. The van der Waals surface area contributed by atoms with Crippen LogP contribution in [0, 0.1) is 5.92 Å². The molecule has 0 radical (unpaired) electrons. The van der Waals surface area contributed by atoms with Crippen LogP contribution in [-0.2, 0) is 0 Å². The zero-order valence-electron chi connectivity index (χ0n) is 11.7. The van der Waals surface area contributed by atoms with Crippen molar-refractivity contribution in [3.8, 4) is 11.5 Å². The third-order valence-electron chi connectivity index (χ3n) is 3.77. The number of hydrogen-bond donors (Lipinski definition) is 1. The van der Waals surface area contributed by atoms with Crippen LogP contribution in [0.5, 0.6) is 11.5 Å². The van der Waals surface area contributed by atoms with Gasteiger partial charge < -0.3 is 15.2 Å². The molecule has 2 N–H and O–H groups in total. The van der Waals surface area contributed by atoms with E-state index in [2.05, 4.69) is 11.8 Å². The van der Waals surface area contributed by atoms with Crippen LogP contribution in [-0.4, -0.2) is 25.7 Å². The van der Waals surface area contributed by atoms with Gasteiger partial charge in [-0.1, -0.05) is 6.07 Å². The van der Waals surface area contributed by atoms with E-state index in [1.165, 1.54) is 24.3 Å². The van der Waals surface area contributed by atoms with Gasteiger partial charge in [0.2, 0.25) is 0 Å². The predicted molar refractivity (Wildman–Crippen MR) is 81.1 cm³/mol. The number of hydrogen-bond acceptors (Lipinski definition) is 4. The molecule has 1 fully saturated rings. The molecule has 2 rings (SSSR count). The third-order valence-corrected chi connectivity index (χ3v) is 4.82. The van der Waals surface area contributed by atoms with Crippen molar-refractivity contribution in [3.63, 3.8) is 0 Å². The van der Waals surface area contributed by atoms with Gasteiger partial charge in [-0.05, 0) is 42.8 Å². The second-order valence-electron chi connectivity index (χ2n) is 5.01. The summed E-state index contributed by atoms with van der Waals surface area (Å²) in [7, 11) is 3.34. The Morgan fingerprint density at radius 2 is 2.00 bits per heavy atom. The van der Waals surface area contributed by atoms with Gasteiger partial charge >= 0.3 is 0 Å². The molecular weight excluding hydrogens is 258 g/mol. The molecule has 0 amide bonds. The Bertz CT molecular complexity index is 405. The molecule has 1 heterocycles. The fourth-order valence-corrected chi connectivity index (χ4v) is 3.80. The molecule has 0 aliphatic carbocycles. The molecule has 1 aromatic carbocycles. The first-order valence-corrected chi connectivity index (χ1v) is 7.95. The molecule has 4 heteroatoms. The maximum Gasteiger partial charge on any atom is 0.127 e. The molecule has 1 saturated heterocycles. The van der Waals surface area contributed by atoms with E-state index in [1.54, 1.807) is 14.2 Å². The lowest BCUT2D eigenvalue weighted by molar-refractivity contribution is 0.375. The van der Waals surface area contributed by atoms with Gasteiger partial charge in [-0.3, -0.25) is 0 Å². The first-order valence-electron chi connectivity index (χ1n) is 6.80. The summed E-state index contributed by atoms with van der Waals surface area (Å²) in [5.74, 6) is 4.94. The molecule has 1 aromatic rings. The maximum absolute atomic E-state index is 6.37. The molecule has 106 valence electrons.